The van der Waals surface area contributed by atoms with Gasteiger partial charge in [-0.25, -0.2) is 8.78 Å². The summed E-state index contributed by atoms with van der Waals surface area (Å²) in [4.78, 5) is 79.8. The Kier molecular flexibility index (Phi) is 28.5. The van der Waals surface area contributed by atoms with E-state index in [0.717, 1.165) is 155 Å². The molecular formula is C118H132Cl2F10N8O5S. The van der Waals surface area contributed by atoms with E-state index in [4.69, 9.17) is 23.2 Å². The molecule has 2 bridgehead atoms. The van der Waals surface area contributed by atoms with E-state index in [1.807, 2.05) is 63.2 Å². The van der Waals surface area contributed by atoms with E-state index in [2.05, 4.69) is 200 Å². The lowest BCUT2D eigenvalue weighted by atomic mass is 9.33. The molecule has 0 aromatic heterocycles. The van der Waals surface area contributed by atoms with Crippen LogP contribution >= 0.6 is 33.4 Å². The van der Waals surface area contributed by atoms with Crippen molar-refractivity contribution in [1.82, 2.24) is 19.6 Å². The van der Waals surface area contributed by atoms with Crippen LogP contribution in [0.3, 0.4) is 0 Å². The molecule has 9 saturated carbocycles. The molecule has 764 valence electrons. The standard InChI is InChI=1S/C27H29F3O.C25H30N2O.C23H26F2N2O.C22H25ClN2O.C21H22ClF5N2OS/c1-15-3-6-17(7-4-15)24-14-25(24)26(31)21-11-18-9-20(10-19(18)12-21)23-13-22(27(28,29)30)8-5-16(23)2;1-18-5-4-6-21(13-18)24-15-25(16-24,17-24)23(28)27-11-9-26(10-12-27)22-14-19(2)7-8-20(22)3;1-15-5-8-18(9-6-15)20-21(23(20,24)25)22(28)27-12-10-26(11-13-27)19-14-16(2)4-7-17(19)3;1-15-4-3-5-17(12-15)19-14-20(19)22(26)25-10-8-24(9-11-25)21-13-18(23)7-6-16(21)2;1-14-2-5-16(22)12-20(14)28-8-10-29(11-9-28)21(30)19-13-18(19)15-3-6-17(7-4-15)31(23,24,25,26)27/h3-8,13,18-21,24-25H,9-12,14H2,1-2H3;4-8,13-14H,9-12,15-17H2,1-3H3;4-9,14,20-21H,10-13H2,1-3H3;3-7,12-13,19-20H,8-11,14H2,1-2H3;2-7,12,18-19H,8-11,13H2,1H3/t18-,19+,20?,21?,24-,25-;;20-,21-;19-,20-;18-,19-/m1.011/s1. The Morgan fingerprint density at radius 2 is 0.729 bits per heavy atom. The number of piperazine rings is 4. The van der Waals surface area contributed by atoms with Crippen LogP contribution in [0.1, 0.15) is 194 Å². The first-order chi connectivity index (χ1) is 68.1. The number of halogens is 12. The number of hydrogen-bond donors (Lipinski definition) is 0. The number of nitrogens with zero attached hydrogens (tertiary/aromatic N) is 8. The third-order valence-corrected chi connectivity index (χ3v) is 34.8. The second-order valence-corrected chi connectivity index (χ2v) is 47.0. The van der Waals surface area contributed by atoms with Gasteiger partial charge in [-0.3, -0.25) is 24.0 Å². The number of carbonyl (C=O) groups is 5. The average Bonchev–Trinajstić information content (AvgIpc) is 1.37. The molecule has 10 aromatic carbocycles. The van der Waals surface area contributed by atoms with Crippen LogP contribution in [0.5, 0.6) is 0 Å². The van der Waals surface area contributed by atoms with Gasteiger partial charge in [0.2, 0.25) is 23.6 Å². The lowest BCUT2D eigenvalue weighted by Crippen LogP contribution is -2.71. The van der Waals surface area contributed by atoms with Crippen LogP contribution in [-0.2, 0) is 35.6 Å². The molecule has 4 saturated heterocycles. The summed E-state index contributed by atoms with van der Waals surface area (Å²) >= 11 is 12.3. The predicted molar refractivity (Wildman–Crippen MR) is 556 cm³/mol. The van der Waals surface area contributed by atoms with Crippen molar-refractivity contribution in [2.45, 2.75) is 192 Å². The van der Waals surface area contributed by atoms with Crippen molar-refractivity contribution in [3.63, 3.8) is 0 Å². The summed E-state index contributed by atoms with van der Waals surface area (Å²) in [7, 11) is -9.68. The Hall–Kier alpha value is -10.8. The number of fused-ring (bicyclic) bond motifs is 1. The molecule has 23 rings (SSSR count). The zero-order valence-corrected chi connectivity index (χ0v) is 86.4. The Labute approximate surface area is 851 Å². The van der Waals surface area contributed by atoms with Gasteiger partial charge in [-0.05, 0) is 314 Å². The molecule has 13 aliphatic rings. The zero-order chi connectivity index (χ0) is 102. The topological polar surface area (TPSA) is 111 Å². The summed E-state index contributed by atoms with van der Waals surface area (Å²) in [5.41, 5.74) is 23.5. The number of rotatable bonds is 17. The number of carbonyl (C=O) groups excluding carboxylic acids is 5. The van der Waals surface area contributed by atoms with Gasteiger partial charge in [0, 0.05) is 161 Å². The molecular weight excluding hydrogens is 1900 g/mol. The van der Waals surface area contributed by atoms with Crippen molar-refractivity contribution in [2.24, 2.45) is 46.8 Å². The summed E-state index contributed by atoms with van der Waals surface area (Å²) in [6.07, 6.45) is 5.04. The lowest BCUT2D eigenvalue weighted by molar-refractivity contribution is -0.187. The van der Waals surface area contributed by atoms with Gasteiger partial charge in [0.25, 0.3) is 5.92 Å². The summed E-state index contributed by atoms with van der Waals surface area (Å²) in [5, 5.41) is 1.42. The van der Waals surface area contributed by atoms with Gasteiger partial charge in [-0.15, -0.1) is 0 Å². The minimum absolute atomic E-state index is 0.0377. The average molecular weight is 2040 g/mol. The lowest BCUT2D eigenvalue weighted by Gasteiger charge is -2.70. The minimum atomic E-state index is -9.68. The highest BCUT2D eigenvalue weighted by molar-refractivity contribution is 8.45. The van der Waals surface area contributed by atoms with E-state index >= 15 is 0 Å². The molecule has 0 spiro atoms. The van der Waals surface area contributed by atoms with Gasteiger partial charge in [-0.2, -0.15) is 13.2 Å². The maximum Gasteiger partial charge on any atom is 0.416 e. The van der Waals surface area contributed by atoms with Crippen molar-refractivity contribution >= 4 is 85.6 Å². The fourth-order valence-electron chi connectivity index (χ4n) is 24.6. The molecule has 10 aromatic rings. The SMILES string of the molecule is Cc1ccc(Cl)cc1N1CCN(C(=O)[C@@H]2C[C@@H]2c2ccc(S(F)(F)(F)(F)F)cc2)CC1.Cc1ccc([C@H]2C[C@H]2C(=O)C2C[C@@H]3CC(c4cc(C(F)(F)F)ccc4C)C[C@@H]3C2)cc1.Cc1ccc([C@H]2[C@@H](C(=O)N3CCN(c4cc(C)ccc4C)CC3)C2(F)F)cc1.Cc1cccc(C23CC(C(=O)N4CCN(c5cc(C)ccc5C)CC4)(C2)C3)c1.Cc1cccc([C@H]2C[C@H]2C(=O)N2CCN(c3cc(Cl)ccc3C)CC2)c1. The second kappa shape index (κ2) is 39.8. The van der Waals surface area contributed by atoms with Gasteiger partial charge in [-0.1, -0.05) is 217 Å². The number of aryl methyl sites for hydroxylation is 11. The third kappa shape index (κ3) is 22.5. The zero-order valence-electron chi connectivity index (χ0n) is 84.1. The van der Waals surface area contributed by atoms with Gasteiger partial charge < -0.3 is 39.2 Å². The molecule has 144 heavy (non-hydrogen) atoms. The minimum Gasteiger partial charge on any atom is -0.368 e. The van der Waals surface area contributed by atoms with Crippen molar-refractivity contribution in [2.75, 3.05) is 124 Å². The van der Waals surface area contributed by atoms with E-state index in [1.54, 1.807) is 28.0 Å². The van der Waals surface area contributed by atoms with E-state index < -0.39 is 50.5 Å². The highest BCUT2D eigenvalue weighted by atomic mass is 35.5. The number of hydrogen-bond acceptors (Lipinski definition) is 9. The highest BCUT2D eigenvalue weighted by Crippen LogP contribution is 3.02. The second-order valence-electron chi connectivity index (χ2n) is 43.7. The smallest absolute Gasteiger partial charge is 0.368 e. The maximum absolute atomic E-state index is 14.4. The van der Waals surface area contributed by atoms with Gasteiger partial charge >= 0.3 is 16.4 Å². The van der Waals surface area contributed by atoms with Crippen molar-refractivity contribution < 1.29 is 65.4 Å². The van der Waals surface area contributed by atoms with Crippen LogP contribution < -0.4 is 19.6 Å². The number of Topliss-reactive ketones (excluding diaryl/α,β-unsaturated/α-hetero) is 1. The van der Waals surface area contributed by atoms with E-state index in [1.165, 1.54) is 90.4 Å². The molecule has 26 heteroatoms. The number of anilines is 4. The molecule has 0 N–H and O–H groups in total. The van der Waals surface area contributed by atoms with Crippen molar-refractivity contribution in [1.29, 1.82) is 0 Å². The number of amides is 4. The number of benzene rings is 10. The Morgan fingerprint density at radius 3 is 1.17 bits per heavy atom. The van der Waals surface area contributed by atoms with Crippen LogP contribution in [0.15, 0.2) is 217 Å². The maximum atomic E-state index is 14.4. The number of alkyl halides is 5. The summed E-state index contributed by atoms with van der Waals surface area (Å²) in [5.74, 6) is -2.51. The van der Waals surface area contributed by atoms with Gasteiger partial charge in [0.1, 0.15) is 16.6 Å². The van der Waals surface area contributed by atoms with Gasteiger partial charge in [0.15, 0.2) is 0 Å². The molecule has 9 aliphatic carbocycles. The first-order valence-electron chi connectivity index (χ1n) is 51.2. The van der Waals surface area contributed by atoms with Gasteiger partial charge in [0.05, 0.1) is 16.9 Å². The molecule has 12 atom stereocenters. The predicted octanol–water partition coefficient (Wildman–Crippen LogP) is 27.1. The third-order valence-electron chi connectivity index (χ3n) is 33.2. The van der Waals surface area contributed by atoms with Crippen LogP contribution in [0.25, 0.3) is 0 Å². The van der Waals surface area contributed by atoms with Crippen LogP contribution in [0, 0.1) is 123 Å². The van der Waals surface area contributed by atoms with E-state index in [0.29, 0.717) is 134 Å². The largest absolute Gasteiger partial charge is 0.416 e. The molecule has 13 nitrogen and oxygen atoms in total. The van der Waals surface area contributed by atoms with Crippen LogP contribution in [0.4, 0.5) is 64.1 Å². The Morgan fingerprint density at radius 1 is 0.354 bits per heavy atom. The fraction of sp³-hybridized carbons (Fsp3) is 0.449. The first kappa shape index (κ1) is 103. The quantitative estimate of drug-likeness (QED) is 0.0823. The Balaban J connectivity index is 0.000000119. The number of ketones is 1. The molecule has 2 unspecified atom stereocenters. The van der Waals surface area contributed by atoms with Crippen LogP contribution in [-0.4, -0.2) is 160 Å². The first-order valence-corrected chi connectivity index (χ1v) is 53.9. The van der Waals surface area contributed by atoms with Crippen LogP contribution in [0.2, 0.25) is 10.0 Å². The van der Waals surface area contributed by atoms with E-state index in [9.17, 15) is 65.4 Å². The van der Waals surface area contributed by atoms with Crippen molar-refractivity contribution in [3.8, 4) is 0 Å². The molecule has 0 radical (unpaired) electrons. The fourth-order valence-corrected chi connectivity index (χ4v) is 25.6. The van der Waals surface area contributed by atoms with Crippen molar-refractivity contribution in [3.05, 3.63) is 323 Å². The highest BCUT2D eigenvalue weighted by Gasteiger charge is 2.74. The summed E-state index contributed by atoms with van der Waals surface area (Å²) in [6.45, 7) is 34.4. The molecule has 4 aliphatic heterocycles. The van der Waals surface area contributed by atoms with E-state index in [-0.39, 0.29) is 46.8 Å². The molecule has 13 fully saturated rings. The summed E-state index contributed by atoms with van der Waals surface area (Å²) in [6, 6.07) is 64.9. The Bertz CT molecular complexity index is 6440. The molecule has 4 heterocycles. The summed E-state index contributed by atoms with van der Waals surface area (Å²) < 4.78 is 133. The normalized spacial score (nSPS) is 26.2. The molecule has 4 amide bonds. The monoisotopic (exact) mass is 2030 g/mol.